The summed E-state index contributed by atoms with van der Waals surface area (Å²) in [5.74, 6) is 0.892. The van der Waals surface area contributed by atoms with Crippen molar-refractivity contribution >= 4 is 23.2 Å². The fraction of sp³-hybridized carbons (Fsp3) is 0.562. The summed E-state index contributed by atoms with van der Waals surface area (Å²) >= 11 is 6.05. The molecule has 0 unspecified atom stereocenters. The minimum atomic E-state index is 0.0639. The van der Waals surface area contributed by atoms with Crippen LogP contribution in [0.25, 0.3) is 0 Å². The zero-order valence-corrected chi connectivity index (χ0v) is 13.0. The maximum Gasteiger partial charge on any atom is 0.225 e. The molecule has 1 aliphatic rings. The van der Waals surface area contributed by atoms with Gasteiger partial charge in [0.1, 0.15) is 0 Å². The molecule has 0 spiro atoms. The highest BCUT2D eigenvalue weighted by Gasteiger charge is 2.16. The molecule has 0 atom stereocenters. The second-order valence-corrected chi connectivity index (χ2v) is 6.14. The molecule has 1 amide bonds. The Balaban J connectivity index is 1.79. The Morgan fingerprint density at radius 2 is 2.10 bits per heavy atom. The minimum absolute atomic E-state index is 0.0639. The molecule has 1 N–H and O–H groups in total. The van der Waals surface area contributed by atoms with E-state index in [1.807, 2.05) is 25.1 Å². The van der Waals surface area contributed by atoms with Crippen LogP contribution in [-0.2, 0) is 4.79 Å². The lowest BCUT2D eigenvalue weighted by atomic mass is 9.99. The molecule has 4 heteroatoms. The first-order valence-electron chi connectivity index (χ1n) is 7.33. The van der Waals surface area contributed by atoms with E-state index in [4.69, 9.17) is 11.6 Å². The molecule has 3 nitrogen and oxygen atoms in total. The quantitative estimate of drug-likeness (QED) is 0.918. The van der Waals surface area contributed by atoms with E-state index >= 15 is 0 Å². The highest BCUT2D eigenvalue weighted by molar-refractivity contribution is 6.31. The van der Waals surface area contributed by atoms with Crippen LogP contribution in [0.5, 0.6) is 0 Å². The van der Waals surface area contributed by atoms with Crippen molar-refractivity contribution in [3.05, 3.63) is 28.8 Å². The number of rotatable bonds is 4. The van der Waals surface area contributed by atoms with Crippen LogP contribution in [-0.4, -0.2) is 30.4 Å². The molecule has 20 heavy (non-hydrogen) atoms. The molecule has 1 aromatic rings. The molecule has 0 radical (unpaired) electrons. The predicted octanol–water partition coefficient (Wildman–Crippen LogP) is 3.71. The summed E-state index contributed by atoms with van der Waals surface area (Å²) in [5, 5.41) is 3.64. The fourth-order valence-corrected chi connectivity index (χ4v) is 2.68. The first-order valence-corrected chi connectivity index (χ1v) is 7.71. The number of amides is 1. The third-order valence-electron chi connectivity index (χ3n) is 4.07. The van der Waals surface area contributed by atoms with Gasteiger partial charge < -0.3 is 10.2 Å². The predicted molar refractivity (Wildman–Crippen MR) is 84.3 cm³/mol. The Hall–Kier alpha value is -1.06. The number of benzene rings is 1. The van der Waals surface area contributed by atoms with Crippen molar-refractivity contribution < 1.29 is 4.79 Å². The molecule has 1 heterocycles. The van der Waals surface area contributed by atoms with Crippen LogP contribution >= 0.6 is 11.6 Å². The van der Waals surface area contributed by atoms with Gasteiger partial charge in [0, 0.05) is 23.7 Å². The molecule has 1 aromatic carbocycles. The zero-order chi connectivity index (χ0) is 14.5. The topological polar surface area (TPSA) is 32.3 Å². The number of anilines is 1. The van der Waals surface area contributed by atoms with Gasteiger partial charge in [0.2, 0.25) is 5.91 Å². The van der Waals surface area contributed by atoms with Gasteiger partial charge >= 0.3 is 0 Å². The van der Waals surface area contributed by atoms with E-state index in [1.54, 1.807) is 0 Å². The Bertz CT molecular complexity index is 468. The van der Waals surface area contributed by atoms with Gasteiger partial charge in [0.25, 0.3) is 0 Å². The van der Waals surface area contributed by atoms with E-state index in [-0.39, 0.29) is 5.91 Å². The lowest BCUT2D eigenvalue weighted by Crippen LogP contribution is -2.35. The summed E-state index contributed by atoms with van der Waals surface area (Å²) in [6.45, 7) is 7.30. The van der Waals surface area contributed by atoms with E-state index < -0.39 is 0 Å². The van der Waals surface area contributed by atoms with Crippen molar-refractivity contribution in [3.8, 4) is 0 Å². The van der Waals surface area contributed by atoms with Crippen LogP contribution in [0.3, 0.4) is 0 Å². The van der Waals surface area contributed by atoms with Crippen molar-refractivity contribution in [2.75, 3.05) is 25.0 Å². The summed E-state index contributed by atoms with van der Waals surface area (Å²) in [6.07, 6.45) is 3.03. The average molecular weight is 295 g/mol. The van der Waals surface area contributed by atoms with Gasteiger partial charge in [-0.05, 0) is 56.5 Å². The molecule has 0 aliphatic carbocycles. The molecule has 1 fully saturated rings. The van der Waals surface area contributed by atoms with Gasteiger partial charge in [-0.2, -0.15) is 0 Å². The number of hydrogen-bond acceptors (Lipinski definition) is 2. The van der Waals surface area contributed by atoms with E-state index in [1.165, 1.54) is 12.8 Å². The fourth-order valence-electron chi connectivity index (χ4n) is 2.50. The SMILES string of the molecule is Cc1c(Cl)cccc1NC(=O)CCN1CCC(C)CC1. The summed E-state index contributed by atoms with van der Waals surface area (Å²) in [6, 6.07) is 5.58. The zero-order valence-electron chi connectivity index (χ0n) is 12.3. The van der Waals surface area contributed by atoms with Crippen LogP contribution in [0.2, 0.25) is 5.02 Å². The third-order valence-corrected chi connectivity index (χ3v) is 4.48. The van der Waals surface area contributed by atoms with E-state index in [0.29, 0.717) is 11.4 Å². The summed E-state index contributed by atoms with van der Waals surface area (Å²) in [4.78, 5) is 14.4. The maximum absolute atomic E-state index is 12.0. The van der Waals surface area contributed by atoms with Crippen LogP contribution in [0.4, 0.5) is 5.69 Å². The first-order chi connectivity index (χ1) is 9.56. The van der Waals surface area contributed by atoms with Crippen molar-refractivity contribution in [1.82, 2.24) is 4.90 Å². The van der Waals surface area contributed by atoms with Crippen LogP contribution in [0, 0.1) is 12.8 Å². The molecule has 1 saturated heterocycles. The Morgan fingerprint density at radius 1 is 1.40 bits per heavy atom. The smallest absolute Gasteiger partial charge is 0.225 e. The van der Waals surface area contributed by atoms with Crippen molar-refractivity contribution in [3.63, 3.8) is 0 Å². The minimum Gasteiger partial charge on any atom is -0.326 e. The second kappa shape index (κ2) is 7.09. The highest BCUT2D eigenvalue weighted by atomic mass is 35.5. The second-order valence-electron chi connectivity index (χ2n) is 5.73. The molecule has 0 bridgehead atoms. The van der Waals surface area contributed by atoms with Gasteiger partial charge in [-0.15, -0.1) is 0 Å². The van der Waals surface area contributed by atoms with Gasteiger partial charge in [0.05, 0.1) is 0 Å². The Morgan fingerprint density at radius 3 is 2.80 bits per heavy atom. The number of likely N-dealkylation sites (tertiary alicyclic amines) is 1. The molecule has 110 valence electrons. The Kier molecular flexibility index (Phi) is 5.44. The molecule has 2 rings (SSSR count). The molecular formula is C16H23ClN2O. The number of nitrogens with one attached hydrogen (secondary N) is 1. The normalized spacial score (nSPS) is 17.1. The maximum atomic E-state index is 12.0. The molecule has 0 saturated carbocycles. The lowest BCUT2D eigenvalue weighted by Gasteiger charge is -2.29. The number of piperidine rings is 1. The van der Waals surface area contributed by atoms with Crippen LogP contribution in [0.1, 0.15) is 31.7 Å². The molecule has 1 aliphatic heterocycles. The van der Waals surface area contributed by atoms with Crippen molar-refractivity contribution in [2.45, 2.75) is 33.1 Å². The van der Waals surface area contributed by atoms with E-state index in [0.717, 1.165) is 36.8 Å². The van der Waals surface area contributed by atoms with Crippen molar-refractivity contribution in [2.24, 2.45) is 5.92 Å². The first kappa shape index (κ1) is 15.3. The van der Waals surface area contributed by atoms with Crippen LogP contribution in [0.15, 0.2) is 18.2 Å². The molecular weight excluding hydrogens is 272 g/mol. The number of carbonyl (C=O) groups is 1. The summed E-state index contributed by atoms with van der Waals surface area (Å²) in [5.41, 5.74) is 1.74. The summed E-state index contributed by atoms with van der Waals surface area (Å²) < 4.78 is 0. The van der Waals surface area contributed by atoms with E-state index in [9.17, 15) is 4.79 Å². The third kappa shape index (κ3) is 4.22. The Labute approximate surface area is 126 Å². The van der Waals surface area contributed by atoms with Crippen molar-refractivity contribution in [1.29, 1.82) is 0 Å². The van der Waals surface area contributed by atoms with Gasteiger partial charge in [-0.1, -0.05) is 24.6 Å². The van der Waals surface area contributed by atoms with Gasteiger partial charge in [0.15, 0.2) is 0 Å². The standard InChI is InChI=1S/C16H23ClN2O/c1-12-6-9-19(10-7-12)11-8-16(20)18-15-5-3-4-14(17)13(15)2/h3-5,12H,6-11H2,1-2H3,(H,18,20). The highest BCUT2D eigenvalue weighted by Crippen LogP contribution is 2.23. The van der Waals surface area contributed by atoms with Gasteiger partial charge in [-0.3, -0.25) is 4.79 Å². The summed E-state index contributed by atoms with van der Waals surface area (Å²) in [7, 11) is 0. The number of hydrogen-bond donors (Lipinski definition) is 1. The van der Waals surface area contributed by atoms with Crippen LogP contribution < -0.4 is 5.32 Å². The number of carbonyl (C=O) groups excluding carboxylic acids is 1. The molecule has 0 aromatic heterocycles. The lowest BCUT2D eigenvalue weighted by molar-refractivity contribution is -0.116. The largest absolute Gasteiger partial charge is 0.326 e. The number of halogens is 1. The average Bonchev–Trinajstić information content (AvgIpc) is 2.43. The van der Waals surface area contributed by atoms with E-state index in [2.05, 4.69) is 17.1 Å². The number of nitrogens with zero attached hydrogens (tertiary/aromatic N) is 1. The monoisotopic (exact) mass is 294 g/mol. The van der Waals surface area contributed by atoms with Gasteiger partial charge in [-0.25, -0.2) is 0 Å².